The van der Waals surface area contributed by atoms with Crippen molar-refractivity contribution in [1.29, 1.82) is 0 Å². The molecule has 182 valence electrons. The molecule has 1 aromatic heterocycles. The second-order valence-electron chi connectivity index (χ2n) is 9.33. The van der Waals surface area contributed by atoms with Crippen LogP contribution in [0.25, 0.3) is 11.0 Å². The summed E-state index contributed by atoms with van der Waals surface area (Å²) in [6.07, 6.45) is 3.74. The second-order valence-corrected chi connectivity index (χ2v) is 10.2. The number of aromatic nitrogens is 2. The molecule has 3 aromatic carbocycles. The highest BCUT2D eigenvalue weighted by molar-refractivity contribution is 9.10. The number of halogens is 3. The molecule has 1 fully saturated rings. The lowest BCUT2D eigenvalue weighted by molar-refractivity contribution is 0.183. The van der Waals surface area contributed by atoms with Gasteiger partial charge >= 0.3 is 5.69 Å². The second kappa shape index (κ2) is 10.5. The number of likely N-dealkylation sites (tertiary alicyclic amines) is 1. The molecule has 0 saturated carbocycles. The summed E-state index contributed by atoms with van der Waals surface area (Å²) >= 11 is 3.47. The van der Waals surface area contributed by atoms with Crippen LogP contribution in [0, 0.1) is 11.6 Å². The molecule has 0 atom stereocenters. The molecule has 0 aliphatic carbocycles. The number of aromatic amines is 1. The van der Waals surface area contributed by atoms with Gasteiger partial charge in [0.1, 0.15) is 11.6 Å². The average molecular weight is 540 g/mol. The normalized spacial score (nSPS) is 15.3. The van der Waals surface area contributed by atoms with Crippen LogP contribution < -0.4 is 5.69 Å². The van der Waals surface area contributed by atoms with Crippen LogP contribution in [0.4, 0.5) is 8.78 Å². The van der Waals surface area contributed by atoms with Gasteiger partial charge in [0.2, 0.25) is 0 Å². The molecule has 1 saturated heterocycles. The quantitative estimate of drug-likeness (QED) is 0.286. The number of fused-ring (bicyclic) bond motifs is 1. The van der Waals surface area contributed by atoms with Gasteiger partial charge in [-0.1, -0.05) is 40.2 Å². The number of piperidine rings is 1. The number of nitrogens with zero attached hydrogens (tertiary/aromatic N) is 2. The predicted molar refractivity (Wildman–Crippen MR) is 139 cm³/mol. The lowest BCUT2D eigenvalue weighted by atomic mass is 9.87. The molecule has 0 unspecified atom stereocenters. The molecule has 0 bridgehead atoms. The molecule has 1 N–H and O–H groups in total. The van der Waals surface area contributed by atoms with Crippen molar-refractivity contribution in [3.8, 4) is 0 Å². The highest BCUT2D eigenvalue weighted by atomic mass is 79.9. The first-order valence-corrected chi connectivity index (χ1v) is 12.9. The standard InChI is InChI=1S/C28H28BrF2N3O/c29-21-7-12-27-26(18-21)32-28(35)34(27)24-13-16-33(17-14-24)15-1-2-25(19-3-8-22(30)9-4-19)20-5-10-23(31)11-6-20/h3-12,18,24-25H,1-2,13-17H2,(H,32,35). The lowest BCUT2D eigenvalue weighted by Gasteiger charge is -2.33. The minimum absolute atomic E-state index is 0.0435. The highest BCUT2D eigenvalue weighted by Gasteiger charge is 2.24. The van der Waals surface area contributed by atoms with Crippen LogP contribution in [0.2, 0.25) is 0 Å². The maximum absolute atomic E-state index is 13.5. The van der Waals surface area contributed by atoms with Gasteiger partial charge in [-0.2, -0.15) is 0 Å². The fraction of sp³-hybridized carbons (Fsp3) is 0.321. The summed E-state index contributed by atoms with van der Waals surface area (Å²) in [7, 11) is 0. The molecular weight excluding hydrogens is 512 g/mol. The predicted octanol–water partition coefficient (Wildman–Crippen LogP) is 6.62. The zero-order valence-corrected chi connectivity index (χ0v) is 21.0. The van der Waals surface area contributed by atoms with Crippen molar-refractivity contribution in [2.45, 2.75) is 37.6 Å². The van der Waals surface area contributed by atoms with Crippen LogP contribution in [0.3, 0.4) is 0 Å². The van der Waals surface area contributed by atoms with Crippen molar-refractivity contribution in [3.63, 3.8) is 0 Å². The molecule has 1 aliphatic heterocycles. The van der Waals surface area contributed by atoms with Gasteiger partial charge in [-0.25, -0.2) is 13.6 Å². The Labute approximate surface area is 211 Å². The van der Waals surface area contributed by atoms with Gasteiger partial charge in [-0.05, 0) is 85.8 Å². The average Bonchev–Trinajstić information content (AvgIpc) is 3.18. The van der Waals surface area contributed by atoms with E-state index in [1.54, 1.807) is 0 Å². The van der Waals surface area contributed by atoms with E-state index in [-0.39, 0.29) is 29.3 Å². The van der Waals surface area contributed by atoms with Crippen molar-refractivity contribution >= 4 is 27.0 Å². The topological polar surface area (TPSA) is 41.0 Å². The van der Waals surface area contributed by atoms with E-state index in [1.807, 2.05) is 47.0 Å². The fourth-order valence-corrected chi connectivity index (χ4v) is 5.66. The van der Waals surface area contributed by atoms with Crippen molar-refractivity contribution in [1.82, 2.24) is 14.5 Å². The Bertz CT molecular complexity index is 1290. The first kappa shape index (κ1) is 23.9. The van der Waals surface area contributed by atoms with E-state index in [2.05, 4.69) is 25.8 Å². The number of rotatable bonds is 7. The monoisotopic (exact) mass is 539 g/mol. The van der Waals surface area contributed by atoms with Gasteiger partial charge in [-0.3, -0.25) is 4.57 Å². The zero-order valence-electron chi connectivity index (χ0n) is 19.4. The molecule has 4 nitrogen and oxygen atoms in total. The molecule has 35 heavy (non-hydrogen) atoms. The van der Waals surface area contributed by atoms with E-state index in [0.29, 0.717) is 0 Å². The van der Waals surface area contributed by atoms with E-state index in [0.717, 1.165) is 72.0 Å². The van der Waals surface area contributed by atoms with Crippen LogP contribution >= 0.6 is 15.9 Å². The van der Waals surface area contributed by atoms with Gasteiger partial charge in [0.05, 0.1) is 11.0 Å². The van der Waals surface area contributed by atoms with Crippen LogP contribution in [0.5, 0.6) is 0 Å². The van der Waals surface area contributed by atoms with Gasteiger partial charge in [-0.15, -0.1) is 0 Å². The summed E-state index contributed by atoms with van der Waals surface area (Å²) < 4.78 is 29.8. The third kappa shape index (κ3) is 5.41. The molecule has 7 heteroatoms. The number of hydrogen-bond acceptors (Lipinski definition) is 2. The summed E-state index contributed by atoms with van der Waals surface area (Å²) in [6, 6.07) is 19.4. The molecule has 1 aliphatic rings. The number of H-pyrrole nitrogens is 1. The molecule has 4 aromatic rings. The largest absolute Gasteiger partial charge is 0.326 e. The third-order valence-electron chi connectivity index (χ3n) is 7.11. The van der Waals surface area contributed by atoms with Crippen LogP contribution in [0.15, 0.2) is 76.0 Å². The van der Waals surface area contributed by atoms with E-state index < -0.39 is 0 Å². The van der Waals surface area contributed by atoms with E-state index in [4.69, 9.17) is 0 Å². The Hall–Kier alpha value is -2.77. The van der Waals surface area contributed by atoms with Crippen molar-refractivity contribution in [2.24, 2.45) is 0 Å². The Kier molecular flexibility index (Phi) is 7.16. The SMILES string of the molecule is O=c1[nH]c2cc(Br)ccc2n1C1CCN(CCCC(c2ccc(F)cc2)c2ccc(F)cc2)CC1. The number of hydrogen-bond donors (Lipinski definition) is 1. The summed E-state index contributed by atoms with van der Waals surface area (Å²) in [4.78, 5) is 18.1. The third-order valence-corrected chi connectivity index (χ3v) is 7.61. The molecule has 2 heterocycles. The summed E-state index contributed by atoms with van der Waals surface area (Å²) in [5, 5.41) is 0. The van der Waals surface area contributed by atoms with E-state index in [9.17, 15) is 13.6 Å². The van der Waals surface area contributed by atoms with Gasteiger partial charge < -0.3 is 9.88 Å². The Morgan fingerprint density at radius 3 is 2.11 bits per heavy atom. The van der Waals surface area contributed by atoms with Gasteiger partial charge in [0, 0.05) is 29.5 Å². The fourth-order valence-electron chi connectivity index (χ4n) is 5.30. The van der Waals surface area contributed by atoms with Crippen LogP contribution in [-0.4, -0.2) is 34.1 Å². The minimum atomic E-state index is -0.253. The maximum atomic E-state index is 13.5. The molecule has 5 rings (SSSR count). The van der Waals surface area contributed by atoms with Crippen molar-refractivity contribution < 1.29 is 8.78 Å². The molecular formula is C28H28BrF2N3O. The molecule has 0 spiro atoms. The Morgan fingerprint density at radius 2 is 1.51 bits per heavy atom. The molecule has 0 radical (unpaired) electrons. The number of imidazole rings is 1. The number of benzene rings is 3. The summed E-state index contributed by atoms with van der Waals surface area (Å²) in [5.41, 5.74) is 3.86. The Morgan fingerprint density at radius 1 is 0.914 bits per heavy atom. The first-order valence-electron chi connectivity index (χ1n) is 12.1. The Balaban J connectivity index is 1.21. The van der Waals surface area contributed by atoms with Gasteiger partial charge in [0.25, 0.3) is 0 Å². The zero-order chi connectivity index (χ0) is 24.4. The highest BCUT2D eigenvalue weighted by Crippen LogP contribution is 2.31. The van der Waals surface area contributed by atoms with Crippen molar-refractivity contribution in [2.75, 3.05) is 19.6 Å². The van der Waals surface area contributed by atoms with Crippen molar-refractivity contribution in [3.05, 3.63) is 104 Å². The molecule has 0 amide bonds. The summed E-state index contributed by atoms with van der Waals surface area (Å²) in [6.45, 7) is 2.84. The smallest absolute Gasteiger partial charge is 0.305 e. The maximum Gasteiger partial charge on any atom is 0.326 e. The first-order chi connectivity index (χ1) is 17.0. The van der Waals surface area contributed by atoms with E-state index in [1.165, 1.54) is 24.3 Å². The lowest BCUT2D eigenvalue weighted by Crippen LogP contribution is -2.37. The summed E-state index contributed by atoms with van der Waals surface area (Å²) in [5.74, 6) is -0.411. The van der Waals surface area contributed by atoms with Crippen LogP contribution in [0.1, 0.15) is 48.8 Å². The number of nitrogens with one attached hydrogen (secondary N) is 1. The van der Waals surface area contributed by atoms with Crippen LogP contribution in [-0.2, 0) is 0 Å². The van der Waals surface area contributed by atoms with Gasteiger partial charge in [0.15, 0.2) is 0 Å². The minimum Gasteiger partial charge on any atom is -0.305 e. The van der Waals surface area contributed by atoms with E-state index >= 15 is 0 Å².